The van der Waals surface area contributed by atoms with Crippen molar-refractivity contribution in [1.82, 2.24) is 24.8 Å². The molecule has 0 N–H and O–H groups in total. The number of hydrogen-bond acceptors (Lipinski definition) is 5. The van der Waals surface area contributed by atoms with E-state index in [0.717, 1.165) is 37.9 Å². The lowest BCUT2D eigenvalue weighted by atomic mass is 10.0. The molecule has 1 atom stereocenters. The quantitative estimate of drug-likeness (QED) is 0.804. The Morgan fingerprint density at radius 1 is 1.40 bits per heavy atom. The highest BCUT2D eigenvalue weighted by molar-refractivity contribution is 5.76. The van der Waals surface area contributed by atoms with Crippen molar-refractivity contribution in [3.05, 3.63) is 29.7 Å². The number of likely N-dealkylation sites (tertiary alicyclic amines) is 1. The Morgan fingerprint density at radius 3 is 2.92 bits per heavy atom. The number of nitrogens with zero attached hydrogens (tertiary/aromatic N) is 5. The van der Waals surface area contributed by atoms with E-state index in [4.69, 9.17) is 4.52 Å². The van der Waals surface area contributed by atoms with E-state index in [0.29, 0.717) is 24.6 Å². The molecule has 2 aromatic heterocycles. The standard InChI is InChI=1S/C18H27N5O2/c1-13(2)18-20-16(25-21-18)7-8-17(24)23-9-5-4-6-15(23)12-22-11-14(3)10-19-22/h10-11,13,15H,4-9,12H2,1-3H3/t15-/m0/s1. The zero-order valence-electron chi connectivity index (χ0n) is 15.3. The molecule has 0 radical (unpaired) electrons. The van der Waals surface area contributed by atoms with Gasteiger partial charge in [0.15, 0.2) is 5.82 Å². The normalized spacial score (nSPS) is 18.1. The summed E-state index contributed by atoms with van der Waals surface area (Å²) >= 11 is 0. The Morgan fingerprint density at radius 2 is 2.24 bits per heavy atom. The predicted molar refractivity (Wildman–Crippen MR) is 93.0 cm³/mol. The molecule has 3 rings (SSSR count). The number of carbonyl (C=O) groups excluding carboxylic acids is 1. The molecule has 1 aliphatic heterocycles. The van der Waals surface area contributed by atoms with Crippen molar-refractivity contribution < 1.29 is 9.32 Å². The summed E-state index contributed by atoms with van der Waals surface area (Å²) < 4.78 is 7.19. The smallest absolute Gasteiger partial charge is 0.227 e. The molecule has 25 heavy (non-hydrogen) atoms. The summed E-state index contributed by atoms with van der Waals surface area (Å²) in [6.07, 6.45) is 8.06. The fourth-order valence-electron chi connectivity index (χ4n) is 3.26. The molecule has 0 aromatic carbocycles. The van der Waals surface area contributed by atoms with Gasteiger partial charge in [-0.1, -0.05) is 19.0 Å². The molecule has 7 nitrogen and oxygen atoms in total. The van der Waals surface area contributed by atoms with Crippen LogP contribution in [-0.4, -0.2) is 43.3 Å². The summed E-state index contributed by atoms with van der Waals surface area (Å²) in [5.74, 6) is 1.65. The third kappa shape index (κ3) is 4.46. The minimum atomic E-state index is 0.165. The van der Waals surface area contributed by atoms with E-state index in [2.05, 4.69) is 15.2 Å². The molecule has 0 unspecified atom stereocenters. The maximum atomic E-state index is 12.7. The van der Waals surface area contributed by atoms with Crippen LogP contribution in [-0.2, 0) is 17.8 Å². The van der Waals surface area contributed by atoms with E-state index in [1.54, 1.807) is 0 Å². The third-order valence-electron chi connectivity index (χ3n) is 4.66. The van der Waals surface area contributed by atoms with E-state index >= 15 is 0 Å². The molecule has 3 heterocycles. The highest BCUT2D eigenvalue weighted by atomic mass is 16.5. The van der Waals surface area contributed by atoms with Gasteiger partial charge in [-0.15, -0.1) is 0 Å². The van der Waals surface area contributed by atoms with Crippen molar-refractivity contribution >= 4 is 5.91 Å². The second-order valence-electron chi connectivity index (χ2n) is 7.18. The molecule has 1 saturated heterocycles. The number of hydrogen-bond donors (Lipinski definition) is 0. The summed E-state index contributed by atoms with van der Waals surface area (Å²) in [6.45, 7) is 7.66. The van der Waals surface area contributed by atoms with Crippen LogP contribution in [0.3, 0.4) is 0 Å². The second kappa shape index (κ2) is 7.80. The maximum Gasteiger partial charge on any atom is 0.227 e. The molecule has 2 aromatic rings. The molecular weight excluding hydrogens is 318 g/mol. The molecule has 1 amide bonds. The molecule has 0 bridgehead atoms. The van der Waals surface area contributed by atoms with Crippen molar-refractivity contribution in [2.45, 2.75) is 71.4 Å². The van der Waals surface area contributed by atoms with Crippen LogP contribution in [0.4, 0.5) is 0 Å². The molecule has 0 spiro atoms. The van der Waals surface area contributed by atoms with Gasteiger partial charge >= 0.3 is 0 Å². The zero-order chi connectivity index (χ0) is 17.8. The van der Waals surface area contributed by atoms with Gasteiger partial charge in [0.1, 0.15) is 0 Å². The van der Waals surface area contributed by atoms with Gasteiger partial charge in [0.05, 0.1) is 18.8 Å². The number of rotatable bonds is 6. The molecule has 0 aliphatic carbocycles. The first-order valence-corrected chi connectivity index (χ1v) is 9.14. The molecule has 1 fully saturated rings. The minimum absolute atomic E-state index is 0.165. The van der Waals surface area contributed by atoms with Gasteiger partial charge in [-0.3, -0.25) is 9.48 Å². The van der Waals surface area contributed by atoms with Crippen LogP contribution in [0.2, 0.25) is 0 Å². The van der Waals surface area contributed by atoms with Gasteiger partial charge in [-0.2, -0.15) is 10.1 Å². The van der Waals surface area contributed by atoms with Gasteiger partial charge in [0.2, 0.25) is 11.8 Å². The average molecular weight is 345 g/mol. The van der Waals surface area contributed by atoms with Crippen LogP contribution in [0.5, 0.6) is 0 Å². The highest BCUT2D eigenvalue weighted by Crippen LogP contribution is 2.20. The Balaban J connectivity index is 1.58. The van der Waals surface area contributed by atoms with Crippen LogP contribution in [0.1, 0.15) is 62.7 Å². The second-order valence-corrected chi connectivity index (χ2v) is 7.18. The van der Waals surface area contributed by atoms with Gasteiger partial charge in [0, 0.05) is 31.5 Å². The first-order valence-electron chi connectivity index (χ1n) is 9.14. The van der Waals surface area contributed by atoms with Gasteiger partial charge in [0.25, 0.3) is 0 Å². The van der Waals surface area contributed by atoms with Crippen LogP contribution < -0.4 is 0 Å². The highest BCUT2D eigenvalue weighted by Gasteiger charge is 2.27. The number of aromatic nitrogens is 4. The van der Waals surface area contributed by atoms with Gasteiger partial charge < -0.3 is 9.42 Å². The van der Waals surface area contributed by atoms with Gasteiger partial charge in [-0.25, -0.2) is 0 Å². The fraction of sp³-hybridized carbons (Fsp3) is 0.667. The Hall–Kier alpha value is -2.18. The number of piperidine rings is 1. The summed E-state index contributed by atoms with van der Waals surface area (Å²) in [5.41, 5.74) is 1.14. The van der Waals surface area contributed by atoms with Crippen molar-refractivity contribution in [3.8, 4) is 0 Å². The first-order chi connectivity index (χ1) is 12.0. The lowest BCUT2D eigenvalue weighted by molar-refractivity contribution is -0.135. The molecule has 0 saturated carbocycles. The third-order valence-corrected chi connectivity index (χ3v) is 4.66. The molecule has 1 aliphatic rings. The lowest BCUT2D eigenvalue weighted by Gasteiger charge is -2.35. The SMILES string of the molecule is Cc1cnn(C[C@@H]2CCCCN2C(=O)CCc2nc(C(C)C)no2)c1. The number of aryl methyl sites for hydroxylation is 2. The van der Waals surface area contributed by atoms with Gasteiger partial charge in [-0.05, 0) is 31.7 Å². The number of amides is 1. The Labute approximate surface area is 148 Å². The van der Waals surface area contributed by atoms with Crippen LogP contribution in [0.15, 0.2) is 16.9 Å². The number of carbonyl (C=O) groups is 1. The molecule has 7 heteroatoms. The maximum absolute atomic E-state index is 12.7. The zero-order valence-corrected chi connectivity index (χ0v) is 15.3. The summed E-state index contributed by atoms with van der Waals surface area (Å²) in [7, 11) is 0. The Kier molecular flexibility index (Phi) is 5.50. The van der Waals surface area contributed by atoms with Crippen molar-refractivity contribution in [3.63, 3.8) is 0 Å². The predicted octanol–water partition coefficient (Wildman–Crippen LogP) is 2.71. The van der Waals surface area contributed by atoms with E-state index in [1.807, 2.05) is 42.7 Å². The van der Waals surface area contributed by atoms with E-state index in [-0.39, 0.29) is 17.9 Å². The van der Waals surface area contributed by atoms with Crippen molar-refractivity contribution in [2.75, 3.05) is 6.54 Å². The van der Waals surface area contributed by atoms with Crippen LogP contribution in [0.25, 0.3) is 0 Å². The largest absolute Gasteiger partial charge is 0.339 e. The van der Waals surface area contributed by atoms with E-state index in [1.165, 1.54) is 0 Å². The van der Waals surface area contributed by atoms with Crippen molar-refractivity contribution in [2.24, 2.45) is 0 Å². The van der Waals surface area contributed by atoms with E-state index in [9.17, 15) is 4.79 Å². The average Bonchev–Trinajstić information content (AvgIpc) is 3.22. The summed E-state index contributed by atoms with van der Waals surface area (Å²) in [5, 5.41) is 8.32. The lowest BCUT2D eigenvalue weighted by Crippen LogP contribution is -2.46. The monoisotopic (exact) mass is 345 g/mol. The minimum Gasteiger partial charge on any atom is -0.339 e. The molecule has 136 valence electrons. The molecular formula is C18H27N5O2. The summed E-state index contributed by atoms with van der Waals surface area (Å²) in [4.78, 5) is 19.1. The fourth-order valence-corrected chi connectivity index (χ4v) is 3.26. The Bertz CT molecular complexity index is 706. The van der Waals surface area contributed by atoms with Crippen LogP contribution >= 0.6 is 0 Å². The topological polar surface area (TPSA) is 77.1 Å². The summed E-state index contributed by atoms with van der Waals surface area (Å²) in [6, 6.07) is 0.217. The first kappa shape index (κ1) is 17.6. The van der Waals surface area contributed by atoms with E-state index < -0.39 is 0 Å². The van der Waals surface area contributed by atoms with Crippen molar-refractivity contribution in [1.29, 1.82) is 0 Å². The van der Waals surface area contributed by atoms with Crippen LogP contribution in [0, 0.1) is 6.92 Å².